The molecule has 0 aliphatic carbocycles. The van der Waals surface area contributed by atoms with Crippen LogP contribution in [0.15, 0.2) is 179 Å². The van der Waals surface area contributed by atoms with Crippen molar-refractivity contribution < 1.29 is 4.42 Å². The molecule has 0 aliphatic heterocycles. The summed E-state index contributed by atoms with van der Waals surface area (Å²) < 4.78 is 6.66. The lowest BCUT2D eigenvalue weighted by molar-refractivity contribution is 0.641. The summed E-state index contributed by atoms with van der Waals surface area (Å²) in [5.74, 6) is 0. The van der Waals surface area contributed by atoms with Crippen molar-refractivity contribution in [1.29, 1.82) is 0 Å². The van der Waals surface area contributed by atoms with Crippen molar-refractivity contribution in [1.82, 2.24) is 0 Å². The van der Waals surface area contributed by atoms with E-state index in [1.54, 1.807) is 0 Å². The number of nitrogens with zero attached hydrogens (tertiary/aromatic N) is 1. The minimum atomic E-state index is -0.0426. The van der Waals surface area contributed by atoms with E-state index < -0.39 is 0 Å². The molecule has 7 aromatic carbocycles. The van der Waals surface area contributed by atoms with E-state index in [4.69, 9.17) is 9.41 Å². The minimum Gasteiger partial charge on any atom is -0.455 e. The van der Waals surface area contributed by atoms with Crippen LogP contribution in [0.4, 0.5) is 0 Å². The number of benzene rings is 7. The maximum absolute atomic E-state index is 6.66. The van der Waals surface area contributed by atoms with Crippen LogP contribution in [0.1, 0.15) is 55.8 Å². The van der Waals surface area contributed by atoms with Crippen molar-refractivity contribution in [3.8, 4) is 22.3 Å². The molecule has 248 valence electrons. The molecule has 0 spiro atoms. The molecule has 1 unspecified atom stereocenters. The first-order valence-electron chi connectivity index (χ1n) is 18.0. The number of hydrogen-bond donors (Lipinski definition) is 0. The molecule has 8 rings (SSSR count). The molecule has 0 amide bonds. The molecule has 0 radical (unpaired) electrons. The van der Waals surface area contributed by atoms with Gasteiger partial charge in [-0.3, -0.25) is 4.99 Å². The van der Waals surface area contributed by atoms with Gasteiger partial charge < -0.3 is 4.42 Å². The van der Waals surface area contributed by atoms with E-state index in [0.29, 0.717) is 0 Å². The Morgan fingerprint density at radius 1 is 0.647 bits per heavy atom. The van der Waals surface area contributed by atoms with E-state index in [1.165, 1.54) is 38.6 Å². The van der Waals surface area contributed by atoms with Gasteiger partial charge in [-0.25, -0.2) is 0 Å². The Hall–Kier alpha value is -5.99. The fraction of sp³-hybridized carbons (Fsp3) is 0.122. The predicted octanol–water partition coefficient (Wildman–Crippen LogP) is 13.9. The second-order valence-corrected chi connectivity index (χ2v) is 13.5. The Labute approximate surface area is 300 Å². The van der Waals surface area contributed by atoms with Crippen LogP contribution in [0.25, 0.3) is 61.0 Å². The number of allylic oxidation sites excluding steroid dienone is 1. The number of rotatable bonds is 10. The van der Waals surface area contributed by atoms with E-state index >= 15 is 0 Å². The molecular weight excluding hydrogens is 619 g/mol. The summed E-state index contributed by atoms with van der Waals surface area (Å²) in [5.41, 5.74) is 12.5. The Kier molecular flexibility index (Phi) is 9.14. The summed E-state index contributed by atoms with van der Waals surface area (Å²) in [6.07, 6.45) is 4.98. The van der Waals surface area contributed by atoms with Gasteiger partial charge in [0.2, 0.25) is 0 Å². The second kappa shape index (κ2) is 14.5. The lowest BCUT2D eigenvalue weighted by Gasteiger charge is -2.18. The number of hydrogen-bond acceptors (Lipinski definition) is 2. The molecule has 0 saturated heterocycles. The average molecular weight is 660 g/mol. The lowest BCUT2D eigenvalue weighted by Crippen LogP contribution is -2.07. The first-order valence-corrected chi connectivity index (χ1v) is 18.0. The van der Waals surface area contributed by atoms with Gasteiger partial charge in [0.05, 0.1) is 6.04 Å². The lowest BCUT2D eigenvalue weighted by atomic mass is 9.92. The van der Waals surface area contributed by atoms with Gasteiger partial charge in [-0.2, -0.15) is 0 Å². The standard InChI is InChI=1S/C49H41NO/c1-3-15-45(43-29-28-42(37-20-11-6-12-21-37)49-48(43)44-22-13-14-23-47(44)51-49)50-46(31-34(2)30-35-16-7-4-8-17-35)41-27-26-39-32-38(24-25-40(39)33-41)36-18-9-5-10-19-36/h4-14,16-30,32-33,45H,3,15,31H2,1-2H3/b34-30-,50-46+. The highest BCUT2D eigenvalue weighted by molar-refractivity contribution is 6.12. The van der Waals surface area contributed by atoms with Crippen LogP contribution in [-0.2, 0) is 0 Å². The second-order valence-electron chi connectivity index (χ2n) is 13.5. The van der Waals surface area contributed by atoms with Crippen LogP contribution in [-0.4, -0.2) is 5.71 Å². The van der Waals surface area contributed by atoms with Gasteiger partial charge in [-0.05, 0) is 75.7 Å². The Morgan fingerprint density at radius 2 is 1.31 bits per heavy atom. The summed E-state index contributed by atoms with van der Waals surface area (Å²) in [4.78, 5) is 5.73. The summed E-state index contributed by atoms with van der Waals surface area (Å²) >= 11 is 0. The molecule has 0 bridgehead atoms. The van der Waals surface area contributed by atoms with Crippen LogP contribution >= 0.6 is 0 Å². The van der Waals surface area contributed by atoms with Gasteiger partial charge in [0.25, 0.3) is 0 Å². The fourth-order valence-corrected chi connectivity index (χ4v) is 7.33. The van der Waals surface area contributed by atoms with Crippen molar-refractivity contribution in [2.24, 2.45) is 4.99 Å². The molecule has 0 fully saturated rings. The molecule has 8 aromatic rings. The molecule has 51 heavy (non-hydrogen) atoms. The van der Waals surface area contributed by atoms with Crippen LogP contribution in [0.5, 0.6) is 0 Å². The third-order valence-corrected chi connectivity index (χ3v) is 9.82. The molecule has 1 heterocycles. The zero-order chi connectivity index (χ0) is 34.6. The summed E-state index contributed by atoms with van der Waals surface area (Å²) in [7, 11) is 0. The van der Waals surface area contributed by atoms with Crippen molar-refractivity contribution in [2.45, 2.75) is 39.2 Å². The number of aliphatic imine (C=N–C) groups is 1. The van der Waals surface area contributed by atoms with Crippen LogP contribution in [0.3, 0.4) is 0 Å². The van der Waals surface area contributed by atoms with Crippen molar-refractivity contribution in [3.05, 3.63) is 186 Å². The maximum Gasteiger partial charge on any atom is 0.143 e. The van der Waals surface area contributed by atoms with E-state index in [-0.39, 0.29) is 6.04 Å². The minimum absolute atomic E-state index is 0.0426. The molecule has 1 atom stereocenters. The van der Waals surface area contributed by atoms with Gasteiger partial charge in [-0.1, -0.05) is 171 Å². The largest absolute Gasteiger partial charge is 0.455 e. The van der Waals surface area contributed by atoms with Crippen molar-refractivity contribution in [2.75, 3.05) is 0 Å². The zero-order valence-corrected chi connectivity index (χ0v) is 29.2. The fourth-order valence-electron chi connectivity index (χ4n) is 7.33. The highest BCUT2D eigenvalue weighted by Crippen LogP contribution is 2.42. The highest BCUT2D eigenvalue weighted by atomic mass is 16.3. The van der Waals surface area contributed by atoms with Crippen LogP contribution < -0.4 is 0 Å². The Bertz CT molecular complexity index is 2510. The SMILES string of the molecule is CCCC(/N=C(\C/C(C)=C\c1ccccc1)c1ccc2cc(-c3ccccc3)ccc2c1)c1ccc(-c2ccccc2)c2oc3ccccc3c12. The van der Waals surface area contributed by atoms with E-state index in [2.05, 4.69) is 184 Å². The average Bonchev–Trinajstić information content (AvgIpc) is 3.58. The molecular formula is C49H41NO. The summed E-state index contributed by atoms with van der Waals surface area (Å²) in [6, 6.07) is 58.3. The van der Waals surface area contributed by atoms with Gasteiger partial charge in [0, 0.05) is 28.5 Å². The Morgan fingerprint density at radius 3 is 2.08 bits per heavy atom. The van der Waals surface area contributed by atoms with Gasteiger partial charge >= 0.3 is 0 Å². The van der Waals surface area contributed by atoms with E-state index in [9.17, 15) is 0 Å². The Balaban J connectivity index is 1.28. The normalized spacial score (nSPS) is 12.9. The first-order chi connectivity index (χ1) is 25.1. The molecule has 1 aromatic heterocycles. The van der Waals surface area contributed by atoms with Gasteiger partial charge in [0.1, 0.15) is 11.2 Å². The van der Waals surface area contributed by atoms with E-state index in [1.807, 2.05) is 0 Å². The van der Waals surface area contributed by atoms with Crippen molar-refractivity contribution in [3.63, 3.8) is 0 Å². The molecule has 0 N–H and O–H groups in total. The number of fused-ring (bicyclic) bond motifs is 4. The highest BCUT2D eigenvalue weighted by Gasteiger charge is 2.22. The van der Waals surface area contributed by atoms with Crippen LogP contribution in [0, 0.1) is 0 Å². The molecule has 0 aliphatic rings. The van der Waals surface area contributed by atoms with Crippen molar-refractivity contribution >= 4 is 44.5 Å². The summed E-state index contributed by atoms with van der Waals surface area (Å²) in [5, 5.41) is 4.74. The van der Waals surface area contributed by atoms with E-state index in [0.717, 1.165) is 63.6 Å². The monoisotopic (exact) mass is 659 g/mol. The number of furan rings is 1. The number of para-hydroxylation sites is 1. The quantitative estimate of drug-likeness (QED) is 0.134. The molecule has 0 saturated carbocycles. The predicted molar refractivity (Wildman–Crippen MR) is 217 cm³/mol. The third kappa shape index (κ3) is 6.78. The third-order valence-electron chi connectivity index (χ3n) is 9.82. The zero-order valence-electron chi connectivity index (χ0n) is 29.2. The first kappa shape index (κ1) is 32.2. The van der Waals surface area contributed by atoms with Gasteiger partial charge in [-0.15, -0.1) is 0 Å². The summed E-state index contributed by atoms with van der Waals surface area (Å²) in [6.45, 7) is 4.48. The van der Waals surface area contributed by atoms with Crippen LogP contribution in [0.2, 0.25) is 0 Å². The molecule has 2 heteroatoms. The topological polar surface area (TPSA) is 25.5 Å². The van der Waals surface area contributed by atoms with Gasteiger partial charge in [0.15, 0.2) is 0 Å². The smallest absolute Gasteiger partial charge is 0.143 e. The molecule has 2 nitrogen and oxygen atoms in total. The maximum atomic E-state index is 6.66.